The first-order chi connectivity index (χ1) is 7.26. The third-order valence-corrected chi connectivity index (χ3v) is 2.42. The number of rotatable bonds is 1. The van der Waals surface area contributed by atoms with Crippen LogP contribution in [0.4, 0.5) is 0 Å². The largest absolute Gasteiger partial charge is 0.298 e. The van der Waals surface area contributed by atoms with Gasteiger partial charge in [0, 0.05) is 17.1 Å². The van der Waals surface area contributed by atoms with E-state index >= 15 is 0 Å². The Bertz CT molecular complexity index is 582. The average Bonchev–Trinajstić information content (AvgIpc) is 2.29. The van der Waals surface area contributed by atoms with E-state index in [4.69, 9.17) is 5.26 Å². The Kier molecular flexibility index (Phi) is 2.18. The van der Waals surface area contributed by atoms with Gasteiger partial charge in [-0.3, -0.25) is 9.78 Å². The quantitative estimate of drug-likeness (QED) is 0.657. The summed E-state index contributed by atoms with van der Waals surface area (Å²) in [6, 6.07) is 7.33. The van der Waals surface area contributed by atoms with E-state index in [2.05, 4.69) is 11.1 Å². The summed E-state index contributed by atoms with van der Waals surface area (Å²) >= 11 is 0. The molecule has 2 aromatic rings. The third-order valence-electron chi connectivity index (χ3n) is 2.42. The van der Waals surface area contributed by atoms with Gasteiger partial charge in [0.1, 0.15) is 12.4 Å². The van der Waals surface area contributed by atoms with Gasteiger partial charge in [0.05, 0.1) is 11.1 Å². The van der Waals surface area contributed by atoms with Gasteiger partial charge in [-0.15, -0.1) is 0 Å². The van der Waals surface area contributed by atoms with Crippen molar-refractivity contribution in [1.82, 2.24) is 4.98 Å². The lowest BCUT2D eigenvalue weighted by Crippen LogP contribution is -1.90. The molecule has 1 heterocycles. The topological polar surface area (TPSA) is 53.8 Å². The number of fused-ring (bicyclic) bond motifs is 1. The van der Waals surface area contributed by atoms with Crippen molar-refractivity contribution < 1.29 is 4.79 Å². The summed E-state index contributed by atoms with van der Waals surface area (Å²) in [7, 11) is 0. The molecule has 0 bridgehead atoms. The fraction of sp³-hybridized carbons (Fsp3) is 0.0833. The molecule has 0 atom stereocenters. The first-order valence-corrected chi connectivity index (χ1v) is 4.51. The number of hydrogen-bond acceptors (Lipinski definition) is 3. The minimum absolute atomic E-state index is 0.547. The van der Waals surface area contributed by atoms with Gasteiger partial charge in [-0.2, -0.15) is 5.26 Å². The number of nitrogens with zero attached hydrogens (tertiary/aromatic N) is 2. The predicted octanol–water partition coefficient (Wildman–Crippen LogP) is 2.23. The Balaban J connectivity index is 2.84. The molecule has 2 rings (SSSR count). The summed E-state index contributed by atoms with van der Waals surface area (Å²) in [5.74, 6) is 0. The summed E-state index contributed by atoms with van der Waals surface area (Å²) in [4.78, 5) is 14.8. The molecule has 72 valence electrons. The van der Waals surface area contributed by atoms with Crippen molar-refractivity contribution in [3.8, 4) is 6.07 Å². The van der Waals surface area contributed by atoms with E-state index in [1.54, 1.807) is 24.4 Å². The zero-order valence-electron chi connectivity index (χ0n) is 8.19. The molecule has 0 N–H and O–H groups in total. The predicted molar refractivity (Wildman–Crippen MR) is 56.6 cm³/mol. The highest BCUT2D eigenvalue weighted by Gasteiger charge is 2.04. The Morgan fingerprint density at radius 2 is 2.27 bits per heavy atom. The number of carbonyl (C=O) groups excluding carboxylic acids is 1. The van der Waals surface area contributed by atoms with Crippen LogP contribution in [0, 0.1) is 18.3 Å². The van der Waals surface area contributed by atoms with Crippen molar-refractivity contribution in [2.24, 2.45) is 0 Å². The Labute approximate surface area is 87.0 Å². The van der Waals surface area contributed by atoms with Gasteiger partial charge < -0.3 is 0 Å². The summed E-state index contributed by atoms with van der Waals surface area (Å²) in [6.07, 6.45) is 2.34. The number of aryl methyl sites for hydroxylation is 1. The summed E-state index contributed by atoms with van der Waals surface area (Å²) in [6.45, 7) is 1.86. The minimum atomic E-state index is 0.547. The lowest BCUT2D eigenvalue weighted by atomic mass is 10.0. The number of carbonyl (C=O) groups is 1. The minimum Gasteiger partial charge on any atom is -0.298 e. The highest BCUT2D eigenvalue weighted by molar-refractivity contribution is 5.89. The Hall–Kier alpha value is -2.21. The van der Waals surface area contributed by atoms with Crippen LogP contribution in [0.15, 0.2) is 24.4 Å². The fourth-order valence-corrected chi connectivity index (χ4v) is 1.53. The molecule has 0 aliphatic carbocycles. The lowest BCUT2D eigenvalue weighted by molar-refractivity contribution is 0.112. The molecule has 1 aromatic heterocycles. The first-order valence-electron chi connectivity index (χ1n) is 4.51. The maximum Gasteiger partial charge on any atom is 0.150 e. The van der Waals surface area contributed by atoms with Gasteiger partial charge in [-0.25, -0.2) is 0 Å². The second-order valence-corrected chi connectivity index (χ2v) is 3.30. The van der Waals surface area contributed by atoms with Crippen LogP contribution in [0.2, 0.25) is 0 Å². The van der Waals surface area contributed by atoms with Gasteiger partial charge in [-0.05, 0) is 30.7 Å². The van der Waals surface area contributed by atoms with E-state index in [9.17, 15) is 4.79 Å². The van der Waals surface area contributed by atoms with Crippen molar-refractivity contribution in [2.45, 2.75) is 6.92 Å². The number of aldehydes is 1. The Morgan fingerprint density at radius 3 is 2.93 bits per heavy atom. The van der Waals surface area contributed by atoms with Crippen LogP contribution in [0.1, 0.15) is 21.5 Å². The number of benzene rings is 1. The maximum atomic E-state index is 10.6. The summed E-state index contributed by atoms with van der Waals surface area (Å²) in [5, 5.41) is 9.70. The molecule has 0 unspecified atom stereocenters. The van der Waals surface area contributed by atoms with Gasteiger partial charge in [0.15, 0.2) is 0 Å². The highest BCUT2D eigenvalue weighted by atomic mass is 16.1. The molecule has 0 saturated heterocycles. The zero-order chi connectivity index (χ0) is 10.8. The third kappa shape index (κ3) is 1.46. The number of nitriles is 1. The van der Waals surface area contributed by atoms with Crippen LogP contribution in [-0.2, 0) is 0 Å². The maximum absolute atomic E-state index is 10.6. The van der Waals surface area contributed by atoms with E-state index in [0.717, 1.165) is 22.8 Å². The Morgan fingerprint density at radius 1 is 1.47 bits per heavy atom. The molecule has 0 spiro atoms. The van der Waals surface area contributed by atoms with Crippen LogP contribution < -0.4 is 0 Å². The molecule has 3 nitrogen and oxygen atoms in total. The molecule has 1 aromatic carbocycles. The van der Waals surface area contributed by atoms with Gasteiger partial charge in [0.2, 0.25) is 0 Å². The second-order valence-electron chi connectivity index (χ2n) is 3.30. The molecule has 0 radical (unpaired) electrons. The van der Waals surface area contributed by atoms with Gasteiger partial charge in [-0.1, -0.05) is 0 Å². The molecule has 0 amide bonds. The molecular formula is C12H8N2O. The van der Waals surface area contributed by atoms with Crippen molar-refractivity contribution in [3.05, 3.63) is 41.1 Å². The number of pyridine rings is 1. The average molecular weight is 196 g/mol. The van der Waals surface area contributed by atoms with E-state index < -0.39 is 0 Å². The molecule has 0 aliphatic rings. The molecule has 15 heavy (non-hydrogen) atoms. The van der Waals surface area contributed by atoms with Crippen LogP contribution in [-0.4, -0.2) is 11.3 Å². The molecule has 0 aliphatic heterocycles. The van der Waals surface area contributed by atoms with Crippen LogP contribution >= 0.6 is 0 Å². The molecule has 0 saturated carbocycles. The zero-order valence-corrected chi connectivity index (χ0v) is 8.19. The van der Waals surface area contributed by atoms with Crippen LogP contribution in [0.3, 0.4) is 0 Å². The fourth-order valence-electron chi connectivity index (χ4n) is 1.53. The second kappa shape index (κ2) is 3.50. The van der Waals surface area contributed by atoms with Gasteiger partial charge >= 0.3 is 0 Å². The van der Waals surface area contributed by atoms with E-state index in [-0.39, 0.29) is 0 Å². The highest BCUT2D eigenvalue weighted by Crippen LogP contribution is 2.19. The molecular weight excluding hydrogens is 188 g/mol. The van der Waals surface area contributed by atoms with Crippen LogP contribution in [0.5, 0.6) is 0 Å². The lowest BCUT2D eigenvalue weighted by Gasteiger charge is -2.03. The monoisotopic (exact) mass is 196 g/mol. The summed E-state index contributed by atoms with van der Waals surface area (Å²) < 4.78 is 0. The van der Waals surface area contributed by atoms with Crippen molar-refractivity contribution in [3.63, 3.8) is 0 Å². The SMILES string of the molecule is Cc1c(C#N)cnc2ccc(C=O)cc12. The number of hydrogen-bond donors (Lipinski definition) is 0. The normalized spacial score (nSPS) is 9.87. The smallest absolute Gasteiger partial charge is 0.150 e. The number of aromatic nitrogens is 1. The van der Waals surface area contributed by atoms with E-state index in [0.29, 0.717) is 11.1 Å². The standard InChI is InChI=1S/C12H8N2O/c1-8-10(5-13)6-14-12-3-2-9(7-15)4-11(8)12/h2-4,6-7H,1H3. The van der Waals surface area contributed by atoms with Crippen molar-refractivity contribution in [1.29, 1.82) is 5.26 Å². The molecule has 0 fully saturated rings. The van der Waals surface area contributed by atoms with E-state index in [1.807, 2.05) is 6.92 Å². The van der Waals surface area contributed by atoms with Crippen molar-refractivity contribution >= 4 is 17.2 Å². The van der Waals surface area contributed by atoms with E-state index in [1.165, 1.54) is 0 Å². The van der Waals surface area contributed by atoms with Crippen molar-refractivity contribution in [2.75, 3.05) is 0 Å². The molecule has 3 heteroatoms. The van der Waals surface area contributed by atoms with Crippen LogP contribution in [0.25, 0.3) is 10.9 Å². The summed E-state index contributed by atoms with van der Waals surface area (Å²) in [5.41, 5.74) is 2.82. The van der Waals surface area contributed by atoms with Gasteiger partial charge in [0.25, 0.3) is 0 Å². The first kappa shape index (κ1) is 9.35.